The molecule has 2 amide bonds. The van der Waals surface area contributed by atoms with E-state index in [1.807, 2.05) is 24.3 Å². The fourth-order valence-electron chi connectivity index (χ4n) is 2.70. The first kappa shape index (κ1) is 22.7. The number of imide groups is 1. The van der Waals surface area contributed by atoms with Crippen LogP contribution in [-0.4, -0.2) is 21.0 Å². The van der Waals surface area contributed by atoms with E-state index in [-0.39, 0.29) is 17.7 Å². The Labute approximate surface area is 206 Å². The lowest BCUT2D eigenvalue weighted by Gasteiger charge is -2.12. The van der Waals surface area contributed by atoms with Gasteiger partial charge < -0.3 is 0 Å². The minimum atomic E-state index is -0.343. The van der Waals surface area contributed by atoms with E-state index in [2.05, 4.69) is 4.98 Å². The van der Waals surface area contributed by atoms with Crippen molar-refractivity contribution in [3.8, 4) is 0 Å². The summed E-state index contributed by atoms with van der Waals surface area (Å²) < 4.78 is 0.784. The molecule has 1 aromatic heterocycles. The van der Waals surface area contributed by atoms with Gasteiger partial charge in [0.25, 0.3) is 11.1 Å². The van der Waals surface area contributed by atoms with Crippen molar-refractivity contribution >= 4 is 86.9 Å². The van der Waals surface area contributed by atoms with Crippen LogP contribution in [0.2, 0.25) is 15.2 Å². The number of thioether (sulfide) groups is 2. The molecule has 0 radical (unpaired) electrons. The SMILES string of the molecule is O=C1SC(=Cc2sc(SCc3ccc(Cl)cc3)nc2Cl)C(=O)N1Cc1ccc(Cl)cc1. The van der Waals surface area contributed by atoms with Crippen LogP contribution in [0.25, 0.3) is 6.08 Å². The zero-order chi connectivity index (χ0) is 22.0. The first-order chi connectivity index (χ1) is 14.9. The van der Waals surface area contributed by atoms with Gasteiger partial charge in [0.2, 0.25) is 0 Å². The summed E-state index contributed by atoms with van der Waals surface area (Å²) in [6.45, 7) is 0.192. The van der Waals surface area contributed by atoms with E-state index < -0.39 is 0 Å². The lowest BCUT2D eigenvalue weighted by molar-refractivity contribution is -0.123. The second-order valence-electron chi connectivity index (χ2n) is 6.44. The first-order valence-electron chi connectivity index (χ1n) is 8.92. The summed E-state index contributed by atoms with van der Waals surface area (Å²) in [6.07, 6.45) is 1.64. The van der Waals surface area contributed by atoms with Gasteiger partial charge in [-0.05, 0) is 53.2 Å². The highest BCUT2D eigenvalue weighted by Gasteiger charge is 2.35. The van der Waals surface area contributed by atoms with Crippen LogP contribution in [0.15, 0.2) is 57.8 Å². The smallest absolute Gasteiger partial charge is 0.268 e. The van der Waals surface area contributed by atoms with Crippen molar-refractivity contribution in [2.24, 2.45) is 0 Å². The number of rotatable bonds is 6. The number of aromatic nitrogens is 1. The lowest BCUT2D eigenvalue weighted by atomic mass is 10.2. The summed E-state index contributed by atoms with van der Waals surface area (Å²) in [5, 5.41) is 1.29. The maximum absolute atomic E-state index is 12.8. The third-order valence-corrected chi connectivity index (χ3v) is 8.28. The normalized spacial score (nSPS) is 15.3. The number of carbonyl (C=O) groups excluding carboxylic acids is 2. The standard InChI is InChI=1S/C21H13Cl3N2O2S3/c22-14-5-1-12(2-6-14)10-26-19(27)17(31-21(26)28)9-16-18(24)25-20(30-16)29-11-13-3-7-15(23)8-4-13/h1-9H,10-11H2. The average Bonchev–Trinajstić information content (AvgIpc) is 3.23. The summed E-state index contributed by atoms with van der Waals surface area (Å²) in [5.74, 6) is 0.378. The Hall–Kier alpha value is -1.48. The monoisotopic (exact) mass is 526 g/mol. The molecule has 0 N–H and O–H groups in total. The Morgan fingerprint density at radius 2 is 1.55 bits per heavy atom. The summed E-state index contributed by atoms with van der Waals surface area (Å²) in [6, 6.07) is 14.7. The van der Waals surface area contributed by atoms with Crippen molar-refractivity contribution in [3.63, 3.8) is 0 Å². The van der Waals surface area contributed by atoms with Crippen molar-refractivity contribution in [3.05, 3.63) is 84.6 Å². The summed E-state index contributed by atoms with van der Waals surface area (Å²) >= 11 is 21.9. The number of amides is 2. The predicted octanol–water partition coefficient (Wildman–Crippen LogP) is 7.63. The van der Waals surface area contributed by atoms with E-state index >= 15 is 0 Å². The Balaban J connectivity index is 1.45. The highest BCUT2D eigenvalue weighted by atomic mass is 35.5. The molecule has 4 rings (SSSR count). The molecule has 0 atom stereocenters. The Kier molecular flexibility index (Phi) is 7.31. The third kappa shape index (κ3) is 5.66. The van der Waals surface area contributed by atoms with E-state index in [1.54, 1.807) is 42.1 Å². The molecule has 1 saturated heterocycles. The van der Waals surface area contributed by atoms with Gasteiger partial charge in [0.1, 0.15) is 5.15 Å². The van der Waals surface area contributed by atoms with Crippen LogP contribution in [0.5, 0.6) is 0 Å². The number of benzene rings is 2. The highest BCUT2D eigenvalue weighted by molar-refractivity contribution is 8.18. The number of hydrogen-bond donors (Lipinski definition) is 0. The van der Waals surface area contributed by atoms with Crippen LogP contribution >= 0.6 is 69.7 Å². The molecule has 158 valence electrons. The number of carbonyl (C=O) groups is 2. The minimum Gasteiger partial charge on any atom is -0.268 e. The molecule has 1 aliphatic heterocycles. The molecular formula is C21H13Cl3N2O2S3. The third-order valence-electron chi connectivity index (χ3n) is 4.26. The van der Waals surface area contributed by atoms with Crippen LogP contribution in [0.3, 0.4) is 0 Å². The van der Waals surface area contributed by atoms with Crippen LogP contribution < -0.4 is 0 Å². The van der Waals surface area contributed by atoms with Gasteiger partial charge in [0, 0.05) is 15.8 Å². The molecule has 2 aromatic carbocycles. The molecule has 2 heterocycles. The second-order valence-corrected chi connectivity index (χ2v) is 10.9. The topological polar surface area (TPSA) is 50.3 Å². The van der Waals surface area contributed by atoms with E-state index in [1.165, 1.54) is 16.2 Å². The van der Waals surface area contributed by atoms with Gasteiger partial charge in [-0.1, -0.05) is 70.8 Å². The minimum absolute atomic E-state index is 0.192. The van der Waals surface area contributed by atoms with Gasteiger partial charge in [-0.25, -0.2) is 4.98 Å². The van der Waals surface area contributed by atoms with Crippen molar-refractivity contribution in [1.29, 1.82) is 0 Å². The zero-order valence-corrected chi connectivity index (χ0v) is 20.4. The van der Waals surface area contributed by atoms with E-state index in [4.69, 9.17) is 34.8 Å². The average molecular weight is 528 g/mol. The molecule has 0 spiro atoms. The van der Waals surface area contributed by atoms with Gasteiger partial charge in [-0.3, -0.25) is 14.5 Å². The van der Waals surface area contributed by atoms with Crippen molar-refractivity contribution in [2.75, 3.05) is 0 Å². The predicted molar refractivity (Wildman–Crippen MR) is 131 cm³/mol. The van der Waals surface area contributed by atoms with Gasteiger partial charge in [-0.2, -0.15) is 0 Å². The van der Waals surface area contributed by atoms with Crippen LogP contribution in [0.4, 0.5) is 4.79 Å². The summed E-state index contributed by atoms with van der Waals surface area (Å²) in [7, 11) is 0. The van der Waals surface area contributed by atoms with Crippen molar-refractivity contribution in [1.82, 2.24) is 9.88 Å². The van der Waals surface area contributed by atoms with E-state index in [9.17, 15) is 9.59 Å². The van der Waals surface area contributed by atoms with Gasteiger partial charge >= 0.3 is 0 Å². The highest BCUT2D eigenvalue weighted by Crippen LogP contribution is 2.38. The fraction of sp³-hybridized carbons (Fsp3) is 0.0952. The summed E-state index contributed by atoms with van der Waals surface area (Å²) in [5.41, 5.74) is 1.94. The molecule has 4 nitrogen and oxygen atoms in total. The van der Waals surface area contributed by atoms with Gasteiger partial charge in [0.15, 0.2) is 4.34 Å². The number of halogens is 3. The largest absolute Gasteiger partial charge is 0.293 e. The fourth-order valence-corrected chi connectivity index (χ4v) is 6.15. The number of nitrogens with zero attached hydrogens (tertiary/aromatic N) is 2. The van der Waals surface area contributed by atoms with Crippen molar-refractivity contribution in [2.45, 2.75) is 16.6 Å². The molecule has 31 heavy (non-hydrogen) atoms. The number of hydrogen-bond acceptors (Lipinski definition) is 6. The molecular weight excluding hydrogens is 515 g/mol. The Bertz CT molecular complexity index is 1160. The molecule has 1 aliphatic rings. The molecule has 0 bridgehead atoms. The first-order valence-corrected chi connectivity index (χ1v) is 12.7. The molecule has 0 unspecified atom stereocenters. The molecule has 10 heteroatoms. The molecule has 0 aliphatic carbocycles. The van der Waals surface area contributed by atoms with E-state index in [0.717, 1.165) is 33.0 Å². The maximum Gasteiger partial charge on any atom is 0.293 e. The second kappa shape index (κ2) is 9.98. The van der Waals surface area contributed by atoms with Gasteiger partial charge in [0.05, 0.1) is 16.3 Å². The summed E-state index contributed by atoms with van der Waals surface area (Å²) in [4.78, 5) is 31.7. The van der Waals surface area contributed by atoms with Crippen LogP contribution in [0.1, 0.15) is 16.0 Å². The Morgan fingerprint density at radius 1 is 0.935 bits per heavy atom. The number of thiazole rings is 1. The van der Waals surface area contributed by atoms with Crippen LogP contribution in [-0.2, 0) is 17.1 Å². The van der Waals surface area contributed by atoms with Crippen molar-refractivity contribution < 1.29 is 9.59 Å². The van der Waals surface area contributed by atoms with E-state index in [0.29, 0.717) is 25.0 Å². The molecule has 1 fully saturated rings. The molecule has 3 aromatic rings. The lowest BCUT2D eigenvalue weighted by Crippen LogP contribution is -2.27. The maximum atomic E-state index is 12.8. The van der Waals surface area contributed by atoms with Gasteiger partial charge in [-0.15, -0.1) is 11.3 Å². The molecule has 0 saturated carbocycles. The Morgan fingerprint density at radius 3 is 2.19 bits per heavy atom. The zero-order valence-electron chi connectivity index (χ0n) is 15.7. The quantitative estimate of drug-likeness (QED) is 0.244. The van der Waals surface area contributed by atoms with Crippen LogP contribution in [0, 0.1) is 0 Å².